The van der Waals surface area contributed by atoms with Gasteiger partial charge < -0.3 is 0 Å². The Bertz CT molecular complexity index is 220. The third-order valence-corrected chi connectivity index (χ3v) is 2.81. The van der Waals surface area contributed by atoms with Gasteiger partial charge in [0.25, 0.3) is 0 Å². The fraction of sp³-hybridized carbons (Fsp3) is 0.500. The molecule has 0 saturated heterocycles. The molecule has 0 nitrogen and oxygen atoms in total. The molecule has 0 amide bonds. The van der Waals surface area contributed by atoms with Crippen molar-refractivity contribution in [3.8, 4) is 0 Å². The molecule has 0 radical (unpaired) electrons. The standard InChI is InChI=1S/C10H15.3ClH.Ti/c1-6-7(2)9(4)10(5)8(6)3;;;;/h1-5H3;3*1H;/q-1;;;;+4/p-3. The molecule has 0 aliphatic heterocycles. The predicted molar refractivity (Wildman–Crippen MR) is 63.3 cm³/mol. The van der Waals surface area contributed by atoms with Crippen molar-refractivity contribution in [2.45, 2.75) is 34.6 Å². The Labute approximate surface area is 104 Å². The van der Waals surface area contributed by atoms with Crippen LogP contribution in [-0.4, -0.2) is 0 Å². The topological polar surface area (TPSA) is 0 Å². The average molecular weight is 289 g/mol. The summed E-state index contributed by atoms with van der Waals surface area (Å²) in [4.78, 5) is 0. The summed E-state index contributed by atoms with van der Waals surface area (Å²) in [6.45, 7) is 11.0. The molecular weight excluding hydrogens is 274 g/mol. The molecule has 0 spiro atoms. The molecule has 14 heavy (non-hydrogen) atoms. The monoisotopic (exact) mass is 288 g/mol. The number of hydrogen-bond acceptors (Lipinski definition) is 0. The van der Waals surface area contributed by atoms with E-state index < -0.39 is 14.7 Å². The van der Waals surface area contributed by atoms with Gasteiger partial charge in [-0.05, 0) is 0 Å². The van der Waals surface area contributed by atoms with E-state index >= 15 is 0 Å². The first-order valence-electron chi connectivity index (χ1n) is 4.32. The molecule has 1 aromatic carbocycles. The van der Waals surface area contributed by atoms with E-state index in [0.29, 0.717) is 0 Å². The van der Waals surface area contributed by atoms with E-state index in [2.05, 4.69) is 34.6 Å². The van der Waals surface area contributed by atoms with Gasteiger partial charge in [-0.15, -0.1) is 0 Å². The van der Waals surface area contributed by atoms with Crippen LogP contribution in [0, 0.1) is 34.6 Å². The van der Waals surface area contributed by atoms with Gasteiger partial charge >= 0.3 is 42.6 Å². The number of hydrogen-bond donors (Lipinski definition) is 0. The average Bonchev–Trinajstić information content (AvgIpc) is 2.23. The third kappa shape index (κ3) is 4.20. The van der Waals surface area contributed by atoms with Gasteiger partial charge in [-0.1, -0.05) is 34.6 Å². The van der Waals surface area contributed by atoms with Crippen LogP contribution in [0.5, 0.6) is 0 Å². The minimum atomic E-state index is -1.92. The summed E-state index contributed by atoms with van der Waals surface area (Å²) in [6, 6.07) is 0. The van der Waals surface area contributed by atoms with Crippen molar-refractivity contribution in [1.29, 1.82) is 0 Å². The van der Waals surface area contributed by atoms with Gasteiger partial charge in [0, 0.05) is 0 Å². The Hall–Kier alpha value is 0.934. The number of halogens is 3. The Morgan fingerprint density at radius 1 is 0.857 bits per heavy atom. The second-order valence-corrected chi connectivity index (χ2v) is 11.1. The van der Waals surface area contributed by atoms with Crippen molar-refractivity contribution >= 4 is 27.9 Å². The van der Waals surface area contributed by atoms with Crippen LogP contribution < -0.4 is 0 Å². The molecule has 0 aliphatic carbocycles. The fourth-order valence-electron chi connectivity index (χ4n) is 1.41. The first-order valence-corrected chi connectivity index (χ1v) is 10.8. The zero-order valence-corrected chi connectivity index (χ0v) is 13.0. The molecule has 0 fully saturated rings. The molecule has 0 N–H and O–H groups in total. The SMILES string of the molecule is Cc1c(C)c(C)[c-](C)c1C.[Cl][Ti+]([Cl])[Cl]. The summed E-state index contributed by atoms with van der Waals surface area (Å²) in [7, 11) is 14.9. The second-order valence-electron chi connectivity index (χ2n) is 3.34. The van der Waals surface area contributed by atoms with E-state index in [1.54, 1.807) is 0 Å². The summed E-state index contributed by atoms with van der Waals surface area (Å²) < 4.78 is 0. The van der Waals surface area contributed by atoms with Crippen LogP contribution in [0.15, 0.2) is 0 Å². The Kier molecular flexibility index (Phi) is 6.94. The Morgan fingerprint density at radius 3 is 1.14 bits per heavy atom. The maximum atomic E-state index is 4.97. The van der Waals surface area contributed by atoms with Crippen LogP contribution in [0.25, 0.3) is 0 Å². The summed E-state index contributed by atoms with van der Waals surface area (Å²) in [6.07, 6.45) is 0. The molecule has 0 unspecified atom stereocenters. The van der Waals surface area contributed by atoms with E-state index in [4.69, 9.17) is 27.9 Å². The van der Waals surface area contributed by atoms with Crippen LogP contribution in [0.4, 0.5) is 0 Å². The zero-order valence-electron chi connectivity index (χ0n) is 9.13. The molecule has 0 aromatic heterocycles. The zero-order chi connectivity index (χ0) is 11.5. The molecule has 4 heteroatoms. The van der Waals surface area contributed by atoms with Gasteiger partial charge in [-0.25, -0.2) is 0 Å². The summed E-state index contributed by atoms with van der Waals surface area (Å²) in [5, 5.41) is 0. The molecule has 0 atom stereocenters. The van der Waals surface area contributed by atoms with Crippen molar-refractivity contribution in [2.24, 2.45) is 0 Å². The minimum absolute atomic E-state index is 1.47. The maximum absolute atomic E-state index is 4.97. The van der Waals surface area contributed by atoms with Gasteiger partial charge in [0.1, 0.15) is 0 Å². The van der Waals surface area contributed by atoms with E-state index in [-0.39, 0.29) is 0 Å². The normalized spacial score (nSPS) is 9.43. The van der Waals surface area contributed by atoms with Gasteiger partial charge in [0.05, 0.1) is 0 Å². The van der Waals surface area contributed by atoms with E-state index in [1.807, 2.05) is 0 Å². The van der Waals surface area contributed by atoms with E-state index in [9.17, 15) is 0 Å². The number of rotatable bonds is 0. The van der Waals surface area contributed by atoms with Crippen molar-refractivity contribution in [3.63, 3.8) is 0 Å². The van der Waals surface area contributed by atoms with Crippen LogP contribution in [0.1, 0.15) is 27.8 Å². The Morgan fingerprint density at radius 2 is 1.07 bits per heavy atom. The van der Waals surface area contributed by atoms with Gasteiger partial charge in [-0.2, -0.15) is 27.8 Å². The molecule has 1 rings (SSSR count). The van der Waals surface area contributed by atoms with Crippen molar-refractivity contribution in [2.75, 3.05) is 0 Å². The molecule has 0 heterocycles. The third-order valence-electron chi connectivity index (χ3n) is 2.81. The molecule has 0 saturated carbocycles. The van der Waals surface area contributed by atoms with Gasteiger partial charge in [0.2, 0.25) is 0 Å². The van der Waals surface area contributed by atoms with Crippen molar-refractivity contribution < 1.29 is 14.7 Å². The summed E-state index contributed by atoms with van der Waals surface area (Å²) in [5.74, 6) is 0. The molecule has 0 bridgehead atoms. The molecule has 0 aliphatic rings. The first kappa shape index (κ1) is 14.9. The van der Waals surface area contributed by atoms with Crippen LogP contribution in [0.3, 0.4) is 0 Å². The first-order chi connectivity index (χ1) is 6.29. The second kappa shape index (κ2) is 6.50. The summed E-state index contributed by atoms with van der Waals surface area (Å²) in [5.41, 5.74) is 7.34. The predicted octanol–water partition coefficient (Wildman–Crippen LogP) is 5.01. The molecule has 1 aromatic rings. The van der Waals surface area contributed by atoms with E-state index in [0.717, 1.165) is 0 Å². The van der Waals surface area contributed by atoms with Crippen molar-refractivity contribution in [3.05, 3.63) is 27.8 Å². The summed E-state index contributed by atoms with van der Waals surface area (Å²) >= 11 is -1.92. The van der Waals surface area contributed by atoms with Crippen LogP contribution in [-0.2, 0) is 14.7 Å². The van der Waals surface area contributed by atoms with Gasteiger partial charge in [0.15, 0.2) is 0 Å². The van der Waals surface area contributed by atoms with E-state index in [1.165, 1.54) is 27.8 Å². The quantitative estimate of drug-likeness (QED) is 0.465. The van der Waals surface area contributed by atoms with Crippen LogP contribution >= 0.6 is 27.9 Å². The van der Waals surface area contributed by atoms with Crippen LogP contribution in [0.2, 0.25) is 0 Å². The molecular formula is C10H15Cl3Ti. The fourth-order valence-corrected chi connectivity index (χ4v) is 1.41. The molecule has 80 valence electrons. The Balaban J connectivity index is 0.000000364. The van der Waals surface area contributed by atoms with Gasteiger partial charge in [-0.3, -0.25) is 0 Å². The van der Waals surface area contributed by atoms with Crippen molar-refractivity contribution in [1.82, 2.24) is 0 Å².